The van der Waals surface area contributed by atoms with E-state index >= 15 is 0 Å². The van der Waals surface area contributed by atoms with Crippen LogP contribution in [0.1, 0.15) is 32.6 Å². The Kier molecular flexibility index (Phi) is 3.18. The average molecular weight is 238 g/mol. The SMILES string of the molecule is CCCC1CNC2C3CC1CC([C@@H]2OC)N3C. The van der Waals surface area contributed by atoms with Crippen molar-refractivity contribution in [2.75, 3.05) is 20.7 Å². The highest BCUT2D eigenvalue weighted by Gasteiger charge is 2.54. The molecule has 3 aliphatic heterocycles. The molecule has 0 saturated carbocycles. The lowest BCUT2D eigenvalue weighted by atomic mass is 9.79. The fourth-order valence-corrected chi connectivity index (χ4v) is 4.62. The number of nitrogens with zero attached hydrogens (tertiary/aromatic N) is 1. The summed E-state index contributed by atoms with van der Waals surface area (Å²) in [6.45, 7) is 3.52. The first-order chi connectivity index (χ1) is 8.26. The molecular formula is C14H26N2O. The van der Waals surface area contributed by atoms with Crippen molar-refractivity contribution in [3.63, 3.8) is 0 Å². The van der Waals surface area contributed by atoms with Gasteiger partial charge in [0.15, 0.2) is 0 Å². The van der Waals surface area contributed by atoms with Crippen LogP contribution in [0, 0.1) is 11.8 Å². The third kappa shape index (κ3) is 1.74. The Morgan fingerprint density at radius 3 is 2.76 bits per heavy atom. The van der Waals surface area contributed by atoms with Gasteiger partial charge in [0.1, 0.15) is 0 Å². The zero-order valence-corrected chi connectivity index (χ0v) is 11.4. The molecule has 0 aromatic carbocycles. The predicted octanol–water partition coefficient (Wildman–Crippen LogP) is 1.48. The van der Waals surface area contributed by atoms with Gasteiger partial charge in [-0.2, -0.15) is 0 Å². The largest absolute Gasteiger partial charge is 0.378 e. The number of hydrogen-bond acceptors (Lipinski definition) is 3. The summed E-state index contributed by atoms with van der Waals surface area (Å²) in [6.07, 6.45) is 5.87. The van der Waals surface area contributed by atoms with E-state index in [4.69, 9.17) is 4.74 Å². The molecule has 3 aliphatic rings. The molecule has 3 heteroatoms. The van der Waals surface area contributed by atoms with Gasteiger partial charge in [-0.05, 0) is 44.7 Å². The second kappa shape index (κ2) is 4.52. The van der Waals surface area contributed by atoms with Crippen LogP contribution in [0.5, 0.6) is 0 Å². The van der Waals surface area contributed by atoms with Gasteiger partial charge in [0, 0.05) is 19.2 Å². The number of likely N-dealkylation sites (N-methyl/N-ethyl adjacent to an activating group) is 1. The first kappa shape index (κ1) is 11.9. The molecule has 0 aromatic heterocycles. The van der Waals surface area contributed by atoms with Crippen molar-refractivity contribution < 1.29 is 4.74 Å². The van der Waals surface area contributed by atoms with Gasteiger partial charge in [0.2, 0.25) is 0 Å². The molecule has 5 unspecified atom stereocenters. The van der Waals surface area contributed by atoms with Crippen molar-refractivity contribution in [3.05, 3.63) is 0 Å². The van der Waals surface area contributed by atoms with Crippen molar-refractivity contribution in [1.29, 1.82) is 0 Å². The predicted molar refractivity (Wildman–Crippen MR) is 69.0 cm³/mol. The van der Waals surface area contributed by atoms with Crippen molar-refractivity contribution in [2.24, 2.45) is 11.8 Å². The molecule has 3 nitrogen and oxygen atoms in total. The number of rotatable bonds is 3. The van der Waals surface area contributed by atoms with Gasteiger partial charge in [-0.1, -0.05) is 13.3 Å². The maximum atomic E-state index is 5.77. The summed E-state index contributed by atoms with van der Waals surface area (Å²) in [6, 6.07) is 1.94. The molecule has 17 heavy (non-hydrogen) atoms. The second-order valence-electron chi connectivity index (χ2n) is 6.21. The molecule has 0 aromatic rings. The third-order valence-corrected chi connectivity index (χ3v) is 5.50. The molecule has 3 fully saturated rings. The van der Waals surface area contributed by atoms with Crippen LogP contribution >= 0.6 is 0 Å². The van der Waals surface area contributed by atoms with Crippen molar-refractivity contribution in [2.45, 2.75) is 56.8 Å². The van der Waals surface area contributed by atoms with Gasteiger partial charge in [-0.25, -0.2) is 0 Å². The van der Waals surface area contributed by atoms with E-state index in [0.29, 0.717) is 24.2 Å². The second-order valence-corrected chi connectivity index (χ2v) is 6.21. The van der Waals surface area contributed by atoms with Crippen LogP contribution in [0.2, 0.25) is 0 Å². The summed E-state index contributed by atoms with van der Waals surface area (Å²) < 4.78 is 5.77. The summed E-state index contributed by atoms with van der Waals surface area (Å²) in [4.78, 5) is 2.58. The topological polar surface area (TPSA) is 24.5 Å². The Morgan fingerprint density at radius 1 is 1.29 bits per heavy atom. The first-order valence-electron chi connectivity index (χ1n) is 7.24. The standard InChI is InChI=1S/C14H26N2O/c1-4-5-9-8-15-13-11-6-10(9)7-12(16(11)2)14(13)17-3/h9-15H,4-8H2,1-3H3/t9?,10?,11?,12?,13?,14-/m0/s1. The summed E-state index contributed by atoms with van der Waals surface area (Å²) in [5.74, 6) is 1.83. The van der Waals surface area contributed by atoms with E-state index in [0.717, 1.165) is 11.8 Å². The quantitative estimate of drug-likeness (QED) is 0.806. The third-order valence-electron chi connectivity index (χ3n) is 5.50. The van der Waals surface area contributed by atoms with Crippen molar-refractivity contribution >= 4 is 0 Å². The highest BCUT2D eigenvalue weighted by atomic mass is 16.5. The van der Waals surface area contributed by atoms with E-state index in [1.807, 2.05) is 7.11 Å². The molecule has 1 N–H and O–H groups in total. The molecule has 3 heterocycles. The monoisotopic (exact) mass is 238 g/mol. The molecule has 0 radical (unpaired) electrons. The molecule has 0 spiro atoms. The molecule has 0 aliphatic carbocycles. The van der Waals surface area contributed by atoms with E-state index in [-0.39, 0.29) is 0 Å². The van der Waals surface area contributed by atoms with Gasteiger partial charge < -0.3 is 10.1 Å². The number of ether oxygens (including phenoxy) is 1. The number of nitrogens with one attached hydrogen (secondary N) is 1. The van der Waals surface area contributed by atoms with Gasteiger partial charge in [0.25, 0.3) is 0 Å². The molecule has 3 rings (SSSR count). The van der Waals surface area contributed by atoms with Crippen molar-refractivity contribution in [3.8, 4) is 0 Å². The maximum Gasteiger partial charge on any atom is 0.0894 e. The smallest absolute Gasteiger partial charge is 0.0894 e. The Hall–Kier alpha value is -0.120. The highest BCUT2D eigenvalue weighted by Crippen LogP contribution is 2.44. The lowest BCUT2D eigenvalue weighted by molar-refractivity contribution is 0.0260. The van der Waals surface area contributed by atoms with Gasteiger partial charge in [-0.3, -0.25) is 4.90 Å². The lowest BCUT2D eigenvalue weighted by Crippen LogP contribution is -2.46. The fourth-order valence-electron chi connectivity index (χ4n) is 4.62. The van der Waals surface area contributed by atoms with Crippen LogP contribution < -0.4 is 5.32 Å². The van der Waals surface area contributed by atoms with E-state index < -0.39 is 0 Å². The summed E-state index contributed by atoms with van der Waals surface area (Å²) in [5.41, 5.74) is 0. The Morgan fingerprint density at radius 2 is 2.06 bits per heavy atom. The van der Waals surface area contributed by atoms with Crippen LogP contribution in [-0.4, -0.2) is 49.8 Å². The zero-order valence-electron chi connectivity index (χ0n) is 11.4. The summed E-state index contributed by atoms with van der Waals surface area (Å²) in [5, 5.41) is 3.80. The Bertz CT molecular complexity index is 281. The number of piperidine rings is 1. The van der Waals surface area contributed by atoms with Crippen LogP contribution in [0.4, 0.5) is 0 Å². The molecule has 6 atom stereocenters. The summed E-state index contributed by atoms with van der Waals surface area (Å²) in [7, 11) is 4.17. The zero-order chi connectivity index (χ0) is 12.0. The van der Waals surface area contributed by atoms with E-state index in [1.54, 1.807) is 0 Å². The van der Waals surface area contributed by atoms with E-state index in [1.165, 1.54) is 32.2 Å². The van der Waals surface area contributed by atoms with Crippen LogP contribution in [-0.2, 0) is 4.74 Å². The van der Waals surface area contributed by atoms with Crippen LogP contribution in [0.3, 0.4) is 0 Å². The minimum Gasteiger partial charge on any atom is -0.378 e. The molecule has 98 valence electrons. The molecule has 0 amide bonds. The average Bonchev–Trinajstić information content (AvgIpc) is 2.47. The first-order valence-corrected chi connectivity index (χ1v) is 7.24. The minimum absolute atomic E-state index is 0.414. The van der Waals surface area contributed by atoms with Gasteiger partial charge in [0.05, 0.1) is 12.1 Å². The number of hydrogen-bond donors (Lipinski definition) is 1. The Labute approximate surface area is 105 Å². The van der Waals surface area contributed by atoms with E-state index in [2.05, 4.69) is 24.2 Å². The van der Waals surface area contributed by atoms with Crippen LogP contribution in [0.15, 0.2) is 0 Å². The fraction of sp³-hybridized carbons (Fsp3) is 1.00. The number of methoxy groups -OCH3 is 1. The van der Waals surface area contributed by atoms with Gasteiger partial charge in [-0.15, -0.1) is 0 Å². The number of fused-ring (bicyclic) bond motifs is 2. The van der Waals surface area contributed by atoms with Crippen molar-refractivity contribution in [1.82, 2.24) is 10.2 Å². The minimum atomic E-state index is 0.414. The lowest BCUT2D eigenvalue weighted by Gasteiger charge is -2.39. The van der Waals surface area contributed by atoms with Gasteiger partial charge >= 0.3 is 0 Å². The summed E-state index contributed by atoms with van der Waals surface area (Å²) >= 11 is 0. The molecule has 3 saturated heterocycles. The Balaban J connectivity index is 1.83. The van der Waals surface area contributed by atoms with Crippen LogP contribution in [0.25, 0.3) is 0 Å². The molecule has 3 bridgehead atoms. The molecular weight excluding hydrogens is 212 g/mol. The normalized spacial score (nSPS) is 49.6. The van der Waals surface area contributed by atoms with E-state index in [9.17, 15) is 0 Å². The highest BCUT2D eigenvalue weighted by molar-refractivity contribution is 5.11. The maximum absolute atomic E-state index is 5.77.